The third kappa shape index (κ3) is 4.56. The number of methoxy groups -OCH3 is 3. The van der Waals surface area contributed by atoms with Gasteiger partial charge in [-0.05, 0) is 13.0 Å². The van der Waals surface area contributed by atoms with E-state index in [1.54, 1.807) is 33.3 Å². The van der Waals surface area contributed by atoms with Gasteiger partial charge in [0.25, 0.3) is 0 Å². The maximum atomic E-state index is 10.4. The van der Waals surface area contributed by atoms with E-state index in [1.807, 2.05) is 6.92 Å². The molecule has 0 amide bonds. The van der Waals surface area contributed by atoms with Crippen LogP contribution in [0.5, 0.6) is 0 Å². The molecule has 0 fully saturated rings. The van der Waals surface area contributed by atoms with Crippen molar-refractivity contribution in [2.24, 2.45) is 5.73 Å². The molecule has 7 nitrogen and oxygen atoms in total. The summed E-state index contributed by atoms with van der Waals surface area (Å²) in [6.07, 6.45) is 1.80. The van der Waals surface area contributed by atoms with Crippen molar-refractivity contribution < 1.29 is 23.7 Å². The second-order valence-corrected chi connectivity index (χ2v) is 4.82. The summed E-state index contributed by atoms with van der Waals surface area (Å²) in [5.74, 6) is 2.38. The van der Waals surface area contributed by atoms with Crippen LogP contribution in [0.1, 0.15) is 6.92 Å². The van der Waals surface area contributed by atoms with Gasteiger partial charge >= 0.3 is 0 Å². The molecule has 0 saturated heterocycles. The maximum Gasteiger partial charge on any atom is 0.149 e. The molecule has 0 saturated carbocycles. The lowest BCUT2D eigenvalue weighted by atomic mass is 9.92. The van der Waals surface area contributed by atoms with Crippen LogP contribution in [0.4, 0.5) is 0 Å². The maximum absolute atomic E-state index is 10.4. The molecule has 1 rings (SSSR count). The number of allylic oxidation sites excluding steroid dienone is 1. The Kier molecular flexibility index (Phi) is 7.42. The first-order chi connectivity index (χ1) is 10.1. The number of rotatable bonds is 8. The summed E-state index contributed by atoms with van der Waals surface area (Å²) in [6.45, 7) is 2.17. The van der Waals surface area contributed by atoms with E-state index in [9.17, 15) is 4.79 Å². The zero-order valence-electron chi connectivity index (χ0n) is 12.9. The van der Waals surface area contributed by atoms with E-state index in [1.165, 1.54) is 6.20 Å². The lowest BCUT2D eigenvalue weighted by Crippen LogP contribution is -2.60. The summed E-state index contributed by atoms with van der Waals surface area (Å²) >= 11 is 0. The molecule has 0 aromatic rings. The zero-order valence-corrected chi connectivity index (χ0v) is 12.9. The number of carbonyl (C=O) groups excluding carboxylic acids is 1. The molecule has 3 N–H and O–H groups in total. The molecule has 21 heavy (non-hydrogen) atoms. The third-order valence-corrected chi connectivity index (χ3v) is 3.45. The largest absolute Gasteiger partial charge is 0.490 e. The van der Waals surface area contributed by atoms with E-state index in [2.05, 4.69) is 5.32 Å². The van der Waals surface area contributed by atoms with Crippen LogP contribution in [-0.4, -0.2) is 64.3 Å². The average Bonchev–Trinajstić information content (AvgIpc) is 2.46. The van der Waals surface area contributed by atoms with Crippen LogP contribution in [0, 0.1) is 0 Å². The highest BCUT2D eigenvalue weighted by Crippen LogP contribution is 2.24. The zero-order chi connectivity index (χ0) is 15.8. The molecule has 7 heteroatoms. The number of hydrogen-bond donors (Lipinski definition) is 2. The van der Waals surface area contributed by atoms with Crippen LogP contribution in [0.25, 0.3) is 0 Å². The molecule has 0 aromatic heterocycles. The fraction of sp³-hybridized carbons (Fsp3) is 0.714. The average molecular weight is 300 g/mol. The lowest BCUT2D eigenvalue weighted by molar-refractivity contribution is -0.132. The molecule has 0 aromatic carbocycles. The molecule has 1 aliphatic heterocycles. The Balaban J connectivity index is 3.00. The van der Waals surface area contributed by atoms with Gasteiger partial charge in [0, 0.05) is 21.3 Å². The highest BCUT2D eigenvalue weighted by atomic mass is 16.6. The van der Waals surface area contributed by atoms with Crippen molar-refractivity contribution in [2.45, 2.75) is 37.3 Å². The van der Waals surface area contributed by atoms with E-state index < -0.39 is 12.2 Å². The lowest BCUT2D eigenvalue weighted by Gasteiger charge is -2.40. The molecule has 0 aliphatic carbocycles. The van der Waals surface area contributed by atoms with Crippen LogP contribution in [-0.2, 0) is 23.7 Å². The van der Waals surface area contributed by atoms with Crippen molar-refractivity contribution in [3.63, 3.8) is 0 Å². The second kappa shape index (κ2) is 8.81. The van der Waals surface area contributed by atoms with Gasteiger partial charge in [0.05, 0.1) is 30.6 Å². The molecular formula is C14H24N2O5. The van der Waals surface area contributed by atoms with Gasteiger partial charge in [-0.2, -0.15) is 0 Å². The van der Waals surface area contributed by atoms with Crippen LogP contribution in [0.2, 0.25) is 0 Å². The van der Waals surface area contributed by atoms with Crippen molar-refractivity contribution in [1.82, 2.24) is 5.32 Å². The van der Waals surface area contributed by atoms with E-state index in [0.717, 1.165) is 0 Å². The van der Waals surface area contributed by atoms with Gasteiger partial charge in [0.2, 0.25) is 0 Å². The number of nitrogens with two attached hydrogens (primary N) is 1. The van der Waals surface area contributed by atoms with Gasteiger partial charge in [-0.15, -0.1) is 0 Å². The van der Waals surface area contributed by atoms with Gasteiger partial charge < -0.3 is 30.0 Å². The topological polar surface area (TPSA) is 92.0 Å². The van der Waals surface area contributed by atoms with Crippen LogP contribution in [0.3, 0.4) is 0 Å². The normalized spacial score (nSPS) is 27.9. The smallest absolute Gasteiger partial charge is 0.149 e. The van der Waals surface area contributed by atoms with Crippen molar-refractivity contribution >= 4 is 5.94 Å². The van der Waals surface area contributed by atoms with E-state index >= 15 is 0 Å². The molecule has 5 atom stereocenters. The molecule has 1 heterocycles. The van der Waals surface area contributed by atoms with Gasteiger partial charge in [0.1, 0.15) is 24.3 Å². The predicted octanol–water partition coefficient (Wildman–Crippen LogP) is -0.404. The Morgan fingerprint density at radius 2 is 2.19 bits per heavy atom. The summed E-state index contributed by atoms with van der Waals surface area (Å²) in [5, 5.41) is 2.91. The fourth-order valence-electron chi connectivity index (χ4n) is 2.49. The van der Waals surface area contributed by atoms with Gasteiger partial charge in [-0.25, -0.2) is 4.79 Å². The quantitative estimate of drug-likeness (QED) is 0.589. The highest BCUT2D eigenvalue weighted by Gasteiger charge is 2.41. The monoisotopic (exact) mass is 300 g/mol. The molecule has 0 radical (unpaired) electrons. The first kappa shape index (κ1) is 17.7. The van der Waals surface area contributed by atoms with E-state index in [0.29, 0.717) is 12.4 Å². The highest BCUT2D eigenvalue weighted by molar-refractivity contribution is 5.44. The van der Waals surface area contributed by atoms with Crippen LogP contribution in [0.15, 0.2) is 18.0 Å². The van der Waals surface area contributed by atoms with Gasteiger partial charge in [-0.3, -0.25) is 0 Å². The number of hydrogen-bond acceptors (Lipinski definition) is 7. The summed E-state index contributed by atoms with van der Waals surface area (Å²) in [6, 6.07) is -0.666. The van der Waals surface area contributed by atoms with E-state index in [4.69, 9.17) is 24.7 Å². The standard InChI is InChI=1S/C14H24N2O5/c1-9-7-10(15)12(16-5-6-17)14(21-9)13(20-4)11(19-3)8-18-2/h5,7,10-14,16H,8,15H2,1-4H3/t10?,11?,12?,13?,14-/m1/s1. The fourth-order valence-corrected chi connectivity index (χ4v) is 2.49. The first-order valence-corrected chi connectivity index (χ1v) is 6.69. The van der Waals surface area contributed by atoms with Crippen molar-refractivity contribution in [1.29, 1.82) is 0 Å². The molecule has 4 unspecified atom stereocenters. The Morgan fingerprint density at radius 1 is 1.48 bits per heavy atom. The van der Waals surface area contributed by atoms with Crippen molar-refractivity contribution in [2.75, 3.05) is 27.9 Å². The summed E-state index contributed by atoms with van der Waals surface area (Å²) in [4.78, 5) is 10.4. The summed E-state index contributed by atoms with van der Waals surface area (Å²) in [5.41, 5.74) is 6.11. The molecule has 120 valence electrons. The Hall–Kier alpha value is -1.37. The number of ether oxygens (including phenoxy) is 4. The minimum absolute atomic E-state index is 0.326. The molecule has 1 aliphatic rings. The Bertz CT molecular complexity index is 395. The summed E-state index contributed by atoms with van der Waals surface area (Å²) < 4.78 is 22.0. The third-order valence-electron chi connectivity index (χ3n) is 3.45. The van der Waals surface area contributed by atoms with Crippen molar-refractivity contribution in [3.8, 4) is 0 Å². The van der Waals surface area contributed by atoms with Crippen LogP contribution >= 0.6 is 0 Å². The minimum atomic E-state index is -0.431. The molecular weight excluding hydrogens is 276 g/mol. The minimum Gasteiger partial charge on any atom is -0.490 e. The molecule has 0 spiro atoms. The van der Waals surface area contributed by atoms with Crippen LogP contribution < -0.4 is 11.1 Å². The SMILES string of the molecule is COCC(OC)C(OC)[C@@H]1OC(C)=CC(N)C1NC=C=O. The predicted molar refractivity (Wildman–Crippen MR) is 77.3 cm³/mol. The van der Waals surface area contributed by atoms with Crippen molar-refractivity contribution in [3.05, 3.63) is 18.0 Å². The Labute approximate surface area is 125 Å². The Morgan fingerprint density at radius 3 is 2.71 bits per heavy atom. The van der Waals surface area contributed by atoms with Gasteiger partial charge in [-0.1, -0.05) is 0 Å². The van der Waals surface area contributed by atoms with E-state index in [-0.39, 0.29) is 18.2 Å². The number of nitrogens with one attached hydrogen (secondary N) is 1. The first-order valence-electron chi connectivity index (χ1n) is 6.69. The summed E-state index contributed by atoms with van der Waals surface area (Å²) in [7, 11) is 4.73. The molecule has 0 bridgehead atoms. The van der Waals surface area contributed by atoms with Gasteiger partial charge in [0.15, 0.2) is 0 Å². The second-order valence-electron chi connectivity index (χ2n) is 4.82.